The molecule has 0 bridgehead atoms. The standard InChI is InChI=1S/C21H26N2O3/c1-16-12-17(2)14-19(13-16)26-15-21(25)23(11-9-20(22)24)10-8-18-6-4-3-5-7-18/h3-7,12-14H,8-11,15H2,1-2H3,(H2,22,24). The summed E-state index contributed by atoms with van der Waals surface area (Å²) >= 11 is 0. The first-order valence-electron chi connectivity index (χ1n) is 8.75. The zero-order valence-corrected chi connectivity index (χ0v) is 15.4. The highest BCUT2D eigenvalue weighted by Crippen LogP contribution is 2.16. The highest BCUT2D eigenvalue weighted by molar-refractivity contribution is 5.79. The van der Waals surface area contributed by atoms with Gasteiger partial charge in [0.25, 0.3) is 5.91 Å². The van der Waals surface area contributed by atoms with Crippen LogP contribution in [0.5, 0.6) is 5.75 Å². The van der Waals surface area contributed by atoms with E-state index in [0.29, 0.717) is 18.8 Å². The van der Waals surface area contributed by atoms with Crippen LogP contribution in [0.25, 0.3) is 0 Å². The van der Waals surface area contributed by atoms with Crippen molar-refractivity contribution in [1.82, 2.24) is 4.90 Å². The van der Waals surface area contributed by atoms with Crippen molar-refractivity contribution in [3.05, 3.63) is 65.2 Å². The molecule has 0 aliphatic carbocycles. The largest absolute Gasteiger partial charge is 0.484 e. The van der Waals surface area contributed by atoms with E-state index in [1.54, 1.807) is 4.90 Å². The lowest BCUT2D eigenvalue weighted by Crippen LogP contribution is -2.38. The molecule has 0 aromatic heterocycles. The smallest absolute Gasteiger partial charge is 0.260 e. The zero-order chi connectivity index (χ0) is 18.9. The summed E-state index contributed by atoms with van der Waals surface area (Å²) in [5, 5.41) is 0. The van der Waals surface area contributed by atoms with Crippen molar-refractivity contribution in [2.24, 2.45) is 5.73 Å². The molecule has 138 valence electrons. The molecule has 0 radical (unpaired) electrons. The first-order chi connectivity index (χ1) is 12.4. The van der Waals surface area contributed by atoms with Crippen LogP contribution in [0.15, 0.2) is 48.5 Å². The van der Waals surface area contributed by atoms with Crippen molar-refractivity contribution in [3.63, 3.8) is 0 Å². The van der Waals surface area contributed by atoms with Gasteiger partial charge in [0.15, 0.2) is 6.61 Å². The number of nitrogens with two attached hydrogens (primary N) is 1. The van der Waals surface area contributed by atoms with E-state index in [2.05, 4.69) is 0 Å². The average Bonchev–Trinajstić information content (AvgIpc) is 2.59. The molecule has 26 heavy (non-hydrogen) atoms. The molecule has 0 aliphatic rings. The molecule has 2 amide bonds. The minimum atomic E-state index is -0.419. The van der Waals surface area contributed by atoms with E-state index < -0.39 is 5.91 Å². The van der Waals surface area contributed by atoms with Crippen LogP contribution in [0.1, 0.15) is 23.1 Å². The lowest BCUT2D eigenvalue weighted by molar-refractivity contribution is -0.133. The van der Waals surface area contributed by atoms with Gasteiger partial charge in [-0.15, -0.1) is 0 Å². The summed E-state index contributed by atoms with van der Waals surface area (Å²) in [7, 11) is 0. The van der Waals surface area contributed by atoms with Crippen molar-refractivity contribution >= 4 is 11.8 Å². The van der Waals surface area contributed by atoms with Gasteiger partial charge in [0.2, 0.25) is 5.91 Å². The number of carbonyl (C=O) groups is 2. The van der Waals surface area contributed by atoms with Crippen LogP contribution in [-0.2, 0) is 16.0 Å². The lowest BCUT2D eigenvalue weighted by Gasteiger charge is -2.22. The molecule has 0 fully saturated rings. The highest BCUT2D eigenvalue weighted by Gasteiger charge is 2.15. The number of ether oxygens (including phenoxy) is 1. The summed E-state index contributed by atoms with van der Waals surface area (Å²) in [5.74, 6) is 0.104. The van der Waals surface area contributed by atoms with Gasteiger partial charge in [-0.1, -0.05) is 36.4 Å². The van der Waals surface area contributed by atoms with Gasteiger partial charge in [-0.3, -0.25) is 9.59 Å². The predicted molar refractivity (Wildman–Crippen MR) is 102 cm³/mol. The van der Waals surface area contributed by atoms with E-state index in [9.17, 15) is 9.59 Å². The fourth-order valence-corrected chi connectivity index (χ4v) is 2.77. The summed E-state index contributed by atoms with van der Waals surface area (Å²) < 4.78 is 5.66. The third-order valence-corrected chi connectivity index (χ3v) is 4.05. The van der Waals surface area contributed by atoms with Crippen LogP contribution in [0.3, 0.4) is 0 Å². The molecular weight excluding hydrogens is 328 g/mol. The Bertz CT molecular complexity index is 724. The summed E-state index contributed by atoms with van der Waals surface area (Å²) in [6.45, 7) is 4.74. The second-order valence-corrected chi connectivity index (χ2v) is 6.44. The SMILES string of the molecule is Cc1cc(C)cc(OCC(=O)N(CCC(N)=O)CCc2ccccc2)c1. The van der Waals surface area contributed by atoms with Gasteiger partial charge in [-0.25, -0.2) is 0 Å². The van der Waals surface area contributed by atoms with Crippen LogP contribution in [0, 0.1) is 13.8 Å². The fraction of sp³-hybridized carbons (Fsp3) is 0.333. The normalized spacial score (nSPS) is 10.4. The molecule has 2 aromatic carbocycles. The maximum atomic E-state index is 12.6. The molecule has 5 nitrogen and oxygen atoms in total. The maximum absolute atomic E-state index is 12.6. The number of amides is 2. The van der Waals surface area contributed by atoms with Gasteiger partial charge < -0.3 is 15.4 Å². The van der Waals surface area contributed by atoms with Crippen molar-refractivity contribution in [2.75, 3.05) is 19.7 Å². The quantitative estimate of drug-likeness (QED) is 0.752. The summed E-state index contributed by atoms with van der Waals surface area (Å²) in [4.78, 5) is 25.3. The van der Waals surface area contributed by atoms with E-state index in [1.165, 1.54) is 0 Å². The molecule has 5 heteroatoms. The van der Waals surface area contributed by atoms with E-state index >= 15 is 0 Å². The summed E-state index contributed by atoms with van der Waals surface area (Å²) in [6.07, 6.45) is 0.860. The molecule has 0 atom stereocenters. The average molecular weight is 354 g/mol. The number of hydrogen-bond donors (Lipinski definition) is 1. The number of nitrogens with zero attached hydrogens (tertiary/aromatic N) is 1. The molecular formula is C21H26N2O3. The molecule has 2 aromatic rings. The van der Waals surface area contributed by atoms with Crippen LogP contribution < -0.4 is 10.5 Å². The molecule has 0 heterocycles. The molecule has 0 spiro atoms. The molecule has 0 saturated carbocycles. The number of rotatable bonds is 9. The van der Waals surface area contributed by atoms with Crippen LogP contribution in [0.2, 0.25) is 0 Å². The number of benzene rings is 2. The van der Waals surface area contributed by atoms with Gasteiger partial charge in [0.1, 0.15) is 5.75 Å². The highest BCUT2D eigenvalue weighted by atomic mass is 16.5. The second kappa shape index (κ2) is 9.61. The monoisotopic (exact) mass is 354 g/mol. The Hall–Kier alpha value is -2.82. The Labute approximate surface area is 154 Å². The second-order valence-electron chi connectivity index (χ2n) is 6.44. The van der Waals surface area contributed by atoms with E-state index in [1.807, 2.05) is 62.4 Å². The lowest BCUT2D eigenvalue weighted by atomic mass is 10.1. The van der Waals surface area contributed by atoms with Gasteiger partial charge in [0, 0.05) is 19.5 Å². The Morgan fingerprint density at radius 2 is 1.65 bits per heavy atom. The van der Waals surface area contributed by atoms with E-state index in [0.717, 1.165) is 23.1 Å². The maximum Gasteiger partial charge on any atom is 0.260 e. The van der Waals surface area contributed by atoms with Crippen molar-refractivity contribution in [3.8, 4) is 5.75 Å². The van der Waals surface area contributed by atoms with Crippen LogP contribution >= 0.6 is 0 Å². The fourth-order valence-electron chi connectivity index (χ4n) is 2.77. The van der Waals surface area contributed by atoms with Crippen molar-refractivity contribution < 1.29 is 14.3 Å². The third-order valence-electron chi connectivity index (χ3n) is 4.05. The van der Waals surface area contributed by atoms with E-state index in [4.69, 9.17) is 10.5 Å². The third kappa shape index (κ3) is 6.59. The van der Waals surface area contributed by atoms with Crippen molar-refractivity contribution in [2.45, 2.75) is 26.7 Å². The Morgan fingerprint density at radius 3 is 2.27 bits per heavy atom. The Kier molecular flexibility index (Phi) is 7.21. The topological polar surface area (TPSA) is 72.6 Å². The summed E-state index contributed by atoms with van der Waals surface area (Å²) in [5.41, 5.74) is 8.55. The first kappa shape index (κ1) is 19.5. The van der Waals surface area contributed by atoms with Crippen molar-refractivity contribution in [1.29, 1.82) is 0 Å². The zero-order valence-electron chi connectivity index (χ0n) is 15.4. The predicted octanol–water partition coefficient (Wildman–Crippen LogP) is 2.63. The Morgan fingerprint density at radius 1 is 1.00 bits per heavy atom. The Balaban J connectivity index is 1.96. The molecule has 2 rings (SSSR count). The number of primary amides is 1. The van der Waals surface area contributed by atoms with Gasteiger partial charge in [-0.05, 0) is 49.1 Å². The van der Waals surface area contributed by atoms with Crippen LogP contribution in [-0.4, -0.2) is 36.4 Å². The number of aryl methyl sites for hydroxylation is 2. The van der Waals surface area contributed by atoms with E-state index in [-0.39, 0.29) is 18.9 Å². The number of hydrogen-bond acceptors (Lipinski definition) is 3. The van der Waals surface area contributed by atoms with Crippen LogP contribution in [0.4, 0.5) is 0 Å². The van der Waals surface area contributed by atoms with Gasteiger partial charge >= 0.3 is 0 Å². The minimum absolute atomic E-state index is 0.0591. The first-order valence-corrected chi connectivity index (χ1v) is 8.75. The van der Waals surface area contributed by atoms with Gasteiger partial charge in [0.05, 0.1) is 0 Å². The molecule has 2 N–H and O–H groups in total. The summed E-state index contributed by atoms with van der Waals surface area (Å²) in [6, 6.07) is 15.8. The van der Waals surface area contributed by atoms with Gasteiger partial charge in [-0.2, -0.15) is 0 Å². The number of carbonyl (C=O) groups excluding carboxylic acids is 2. The minimum Gasteiger partial charge on any atom is -0.484 e. The molecule has 0 unspecified atom stereocenters. The molecule has 0 aliphatic heterocycles. The molecule has 0 saturated heterocycles.